The molecular weight excluding hydrogens is 1430 g/mol. The van der Waals surface area contributed by atoms with E-state index in [2.05, 4.69) is 166 Å². The fourth-order valence-electron chi connectivity index (χ4n) is 17.2. The Morgan fingerprint density at radius 3 is 1.22 bits per heavy atom. The highest BCUT2D eigenvalue weighted by molar-refractivity contribution is 6.74. The summed E-state index contributed by atoms with van der Waals surface area (Å²) in [5.41, 5.74) is 13.6. The molecule has 18 rings (SSSR count). The molecular formula is C87H113N21O4Si. The van der Waals surface area contributed by atoms with Gasteiger partial charge in [0.05, 0.1) is 35.1 Å². The Morgan fingerprint density at radius 2 is 0.858 bits per heavy atom. The largest absolute Gasteiger partial charge is 0.416 e. The van der Waals surface area contributed by atoms with Crippen LogP contribution in [0, 0.1) is 17.8 Å². The molecule has 6 N–H and O–H groups in total. The van der Waals surface area contributed by atoms with Gasteiger partial charge in [-0.15, -0.1) is 0 Å². The standard InChI is InChI=1S/2C27H33N7O.C24H27N7.C9H20O2Si/c2*1-18-3-6-20(7-4-18)34-24-16-28-11-9-21(24)22-15-29-27(32-26(22)34)31-25-8-5-19-17-33(12-2-14-35)13-10-23(19)30-25;1-15-2-5-17(6-3-15)31-21-14-26-10-8-18(21)19-13-27-24(30-23(19)31)29-22-7-4-16-12-25-11-9-20(16)28-22;1-9(2,3)12(4,5)11-8-6-7-10/h2*5,8-9,11,15-16,18,20,35H,2-4,6-7,10,12-14,17H2,1H3,(H,29,30,31,32);4,7-8,10,13-15,17,25H,2-3,5-6,9,11-12H2,1H3,(H,27,28,29,30);7H,6,8H2,1-5H3. The normalized spacial score (nSPS) is 20.2. The highest BCUT2D eigenvalue weighted by Crippen LogP contribution is 2.43. The van der Waals surface area contributed by atoms with Crippen LogP contribution in [0.3, 0.4) is 0 Å². The molecule has 3 aliphatic carbocycles. The molecule has 0 bridgehead atoms. The number of fused-ring (bicyclic) bond motifs is 12. The molecule has 12 aromatic rings. The predicted octanol–water partition coefficient (Wildman–Crippen LogP) is 16.3. The number of rotatable bonds is 19. The van der Waals surface area contributed by atoms with Crippen molar-refractivity contribution >= 4 is 116 Å². The molecule has 3 fully saturated rings. The fourth-order valence-corrected chi connectivity index (χ4v) is 18.2. The number of aliphatic hydroxyl groups is 2. The smallest absolute Gasteiger partial charge is 0.230 e. The number of nitrogens with one attached hydrogen (secondary N) is 4. The summed E-state index contributed by atoms with van der Waals surface area (Å²) in [6.45, 7) is 26.5. The lowest BCUT2D eigenvalue weighted by molar-refractivity contribution is -0.108. The van der Waals surface area contributed by atoms with Crippen molar-refractivity contribution in [3.05, 3.63) is 144 Å². The van der Waals surface area contributed by atoms with Gasteiger partial charge in [-0.25, -0.2) is 29.9 Å². The van der Waals surface area contributed by atoms with Crippen molar-refractivity contribution in [2.75, 3.05) is 68.5 Å². The molecule has 0 spiro atoms. The van der Waals surface area contributed by atoms with E-state index in [-0.39, 0.29) is 18.3 Å². The monoisotopic (exact) mass is 1540 g/mol. The van der Waals surface area contributed by atoms with Crippen molar-refractivity contribution < 1.29 is 19.4 Å². The number of aromatic nitrogens is 15. The van der Waals surface area contributed by atoms with E-state index in [9.17, 15) is 4.79 Å². The van der Waals surface area contributed by atoms with Gasteiger partial charge in [0.2, 0.25) is 17.8 Å². The quantitative estimate of drug-likeness (QED) is 0.0249. The van der Waals surface area contributed by atoms with Crippen LogP contribution in [0.15, 0.2) is 110 Å². The molecule has 0 atom stereocenters. The van der Waals surface area contributed by atoms with Crippen molar-refractivity contribution in [1.29, 1.82) is 0 Å². The van der Waals surface area contributed by atoms with Crippen LogP contribution < -0.4 is 21.3 Å². The molecule has 113 heavy (non-hydrogen) atoms. The lowest BCUT2D eigenvalue weighted by Crippen LogP contribution is -2.41. The Morgan fingerprint density at radius 1 is 0.487 bits per heavy atom. The summed E-state index contributed by atoms with van der Waals surface area (Å²) in [6, 6.07) is 20.1. The van der Waals surface area contributed by atoms with Crippen LogP contribution in [-0.2, 0) is 48.1 Å². The maximum atomic E-state index is 10.1. The summed E-state index contributed by atoms with van der Waals surface area (Å²) in [4.78, 5) is 71.6. The fraction of sp³-hybridized carbons (Fsp3) is 0.506. The van der Waals surface area contributed by atoms with Crippen molar-refractivity contribution in [2.45, 2.75) is 213 Å². The summed E-state index contributed by atoms with van der Waals surface area (Å²) < 4.78 is 12.9. The van der Waals surface area contributed by atoms with E-state index in [1.807, 2.05) is 74.0 Å². The average molecular weight is 1550 g/mol. The number of aldehydes is 1. The van der Waals surface area contributed by atoms with Gasteiger partial charge in [0.1, 0.15) is 40.7 Å². The zero-order valence-corrected chi connectivity index (χ0v) is 68.3. The molecule has 6 aliphatic rings. The Bertz CT molecular complexity index is 5060. The summed E-state index contributed by atoms with van der Waals surface area (Å²) in [5, 5.41) is 38.7. The van der Waals surface area contributed by atoms with E-state index < -0.39 is 8.32 Å². The minimum atomic E-state index is -1.60. The minimum Gasteiger partial charge on any atom is -0.416 e. The molecule has 0 aromatic carbocycles. The first kappa shape index (κ1) is 78.8. The summed E-state index contributed by atoms with van der Waals surface area (Å²) in [7, 11) is -1.60. The van der Waals surface area contributed by atoms with Crippen molar-refractivity contribution in [2.24, 2.45) is 17.8 Å². The van der Waals surface area contributed by atoms with Crippen LogP contribution in [0.1, 0.15) is 190 Å². The molecule has 26 heteroatoms. The second-order valence-electron chi connectivity index (χ2n) is 33.8. The van der Waals surface area contributed by atoms with E-state index >= 15 is 0 Å². The van der Waals surface area contributed by atoms with Gasteiger partial charge < -0.3 is 54.4 Å². The van der Waals surface area contributed by atoms with Gasteiger partial charge in [-0.05, 0) is 179 Å². The highest BCUT2D eigenvalue weighted by Gasteiger charge is 2.37. The molecule has 0 amide bonds. The van der Waals surface area contributed by atoms with Crippen LogP contribution in [0.4, 0.5) is 35.3 Å². The number of anilines is 6. The van der Waals surface area contributed by atoms with Gasteiger partial charge in [0.15, 0.2) is 8.32 Å². The first-order valence-corrected chi connectivity index (χ1v) is 44.4. The summed E-state index contributed by atoms with van der Waals surface area (Å²) in [5.74, 6) is 6.50. The van der Waals surface area contributed by atoms with Gasteiger partial charge in [-0.2, -0.15) is 15.0 Å². The lowest BCUT2D eigenvalue weighted by atomic mass is 9.87. The Labute approximate surface area is 663 Å². The van der Waals surface area contributed by atoms with Crippen molar-refractivity contribution in [3.8, 4) is 0 Å². The summed E-state index contributed by atoms with van der Waals surface area (Å²) in [6.07, 6.45) is 37.7. The number of hydrogen-bond donors (Lipinski definition) is 6. The van der Waals surface area contributed by atoms with Crippen molar-refractivity contribution in [1.82, 2.24) is 88.6 Å². The molecule has 3 saturated carbocycles. The first-order chi connectivity index (χ1) is 55.0. The van der Waals surface area contributed by atoms with Gasteiger partial charge in [0.25, 0.3) is 0 Å². The van der Waals surface area contributed by atoms with Gasteiger partial charge in [0, 0.05) is 203 Å². The molecule has 0 unspecified atom stereocenters. The predicted molar refractivity (Wildman–Crippen MR) is 452 cm³/mol. The number of carbonyl (C=O) groups is 1. The van der Waals surface area contributed by atoms with Gasteiger partial charge in [-0.3, -0.25) is 24.8 Å². The third-order valence-electron chi connectivity index (χ3n) is 24.8. The first-order valence-electron chi connectivity index (χ1n) is 41.5. The highest BCUT2D eigenvalue weighted by atomic mass is 28.4. The lowest BCUT2D eigenvalue weighted by Gasteiger charge is -2.35. The second kappa shape index (κ2) is 35.5. The number of hydrogen-bond acceptors (Lipinski definition) is 22. The zero-order valence-electron chi connectivity index (χ0n) is 67.3. The summed E-state index contributed by atoms with van der Waals surface area (Å²) >= 11 is 0. The Kier molecular flexibility index (Phi) is 24.8. The van der Waals surface area contributed by atoms with E-state index in [1.165, 1.54) is 99.1 Å². The van der Waals surface area contributed by atoms with E-state index in [0.29, 0.717) is 49.0 Å². The maximum absolute atomic E-state index is 10.1. The number of carbonyl (C=O) groups excluding carboxylic acids is 1. The van der Waals surface area contributed by atoms with Crippen LogP contribution in [0.25, 0.3) is 65.8 Å². The SMILES string of the molecule is CC(C)(C)[Si](C)(C)OCCC=O.CC1CCC(n2c3cnccc3c3cnc(Nc4ccc5c(n4)CCN(CCCO)C5)nc32)CC1.CC1CCC(n2c3cnccc3c3cnc(Nc4ccc5c(n4)CCN(CCCO)C5)nc32)CC1.CC1CCC(n2c3cnccc3c3cnc(Nc4ccc5c(n4)CCNC5)nc32)CC1. The van der Waals surface area contributed by atoms with Gasteiger partial charge >= 0.3 is 0 Å². The van der Waals surface area contributed by atoms with Gasteiger partial charge in [-0.1, -0.05) is 59.7 Å². The molecule has 0 radical (unpaired) electrons. The van der Waals surface area contributed by atoms with Crippen LogP contribution >= 0.6 is 0 Å². The molecule has 25 nitrogen and oxygen atoms in total. The van der Waals surface area contributed by atoms with E-state index in [4.69, 9.17) is 44.5 Å². The molecule has 12 aromatic heterocycles. The molecule has 594 valence electrons. The number of aliphatic hydroxyl groups excluding tert-OH is 2. The maximum Gasteiger partial charge on any atom is 0.230 e. The second-order valence-corrected chi connectivity index (χ2v) is 38.6. The molecule has 3 aliphatic heterocycles. The molecule has 15 heterocycles. The average Bonchev–Trinajstić information content (AvgIpc) is 1.61. The van der Waals surface area contributed by atoms with Crippen molar-refractivity contribution in [3.63, 3.8) is 0 Å². The zero-order chi connectivity index (χ0) is 78.2. The van der Waals surface area contributed by atoms with Crippen LogP contribution in [-0.4, -0.2) is 161 Å². The van der Waals surface area contributed by atoms with Crippen LogP contribution in [0.5, 0.6) is 0 Å². The third-order valence-corrected chi connectivity index (χ3v) is 29.3. The number of pyridine rings is 6. The number of nitrogens with zero attached hydrogens (tertiary/aromatic N) is 17. The minimum absolute atomic E-state index is 0.240. The topological polar surface area (TPSA) is 291 Å². The molecule has 0 saturated heterocycles. The van der Waals surface area contributed by atoms with E-state index in [0.717, 1.165) is 203 Å². The Hall–Kier alpha value is -9.41. The van der Waals surface area contributed by atoms with E-state index in [1.54, 1.807) is 0 Å². The van der Waals surface area contributed by atoms with Crippen LogP contribution in [0.2, 0.25) is 18.1 Å². The Balaban J connectivity index is 0.000000125. The third kappa shape index (κ3) is 18.1.